The first-order valence-electron chi connectivity index (χ1n) is 9.78. The molecule has 2 aliphatic rings. The minimum Gasteiger partial charge on any atom is -0.422 e. The van der Waals surface area contributed by atoms with Crippen molar-refractivity contribution in [3.63, 3.8) is 0 Å². The normalized spacial score (nSPS) is 17.6. The zero-order valence-electron chi connectivity index (χ0n) is 16.4. The summed E-state index contributed by atoms with van der Waals surface area (Å²) >= 11 is 0. The second kappa shape index (κ2) is 8.48. The summed E-state index contributed by atoms with van der Waals surface area (Å²) in [5.41, 5.74) is 1.72. The average molecular weight is 399 g/mol. The Kier molecular flexibility index (Phi) is 5.61. The molecule has 0 aliphatic carbocycles. The highest BCUT2D eigenvalue weighted by Gasteiger charge is 2.25. The number of nitrogens with zero attached hydrogens (tertiary/aromatic N) is 4. The Balaban J connectivity index is 1.71. The Morgan fingerprint density at radius 3 is 2.62 bits per heavy atom. The molecule has 2 saturated heterocycles. The van der Waals surface area contributed by atoms with Crippen molar-refractivity contribution in [1.82, 2.24) is 20.6 Å². The van der Waals surface area contributed by atoms with E-state index in [-0.39, 0.29) is 5.91 Å². The van der Waals surface area contributed by atoms with Crippen LogP contribution in [0.25, 0.3) is 11.2 Å². The number of anilines is 2. The SMILES string of the molecule is CN/C=C(\C=N)NC(=O)c1cc2oc(N3CCOCC3)nc2nc1N1CCCC1. The molecule has 0 spiro atoms. The van der Waals surface area contributed by atoms with E-state index in [0.29, 0.717) is 60.6 Å². The molecular formula is C19H25N7O3. The van der Waals surface area contributed by atoms with Crippen molar-refractivity contribution in [2.75, 3.05) is 56.2 Å². The number of amides is 1. The summed E-state index contributed by atoms with van der Waals surface area (Å²) in [7, 11) is 1.71. The fourth-order valence-corrected chi connectivity index (χ4v) is 3.54. The lowest BCUT2D eigenvalue weighted by molar-refractivity contribution is 0.0968. The van der Waals surface area contributed by atoms with Crippen LogP contribution >= 0.6 is 0 Å². The summed E-state index contributed by atoms with van der Waals surface area (Å²) in [6.45, 7) is 4.35. The topological polar surface area (TPSA) is 120 Å². The molecule has 2 aromatic rings. The molecule has 0 aromatic carbocycles. The number of carbonyl (C=O) groups is 1. The van der Waals surface area contributed by atoms with Crippen molar-refractivity contribution in [3.8, 4) is 0 Å². The zero-order chi connectivity index (χ0) is 20.2. The highest BCUT2D eigenvalue weighted by Crippen LogP contribution is 2.29. The van der Waals surface area contributed by atoms with E-state index >= 15 is 0 Å². The van der Waals surface area contributed by atoms with Gasteiger partial charge in [-0.1, -0.05) is 0 Å². The first-order valence-corrected chi connectivity index (χ1v) is 9.78. The lowest BCUT2D eigenvalue weighted by Gasteiger charge is -2.24. The van der Waals surface area contributed by atoms with Gasteiger partial charge in [-0.2, -0.15) is 4.98 Å². The third kappa shape index (κ3) is 4.02. The smallest absolute Gasteiger partial charge is 0.300 e. The van der Waals surface area contributed by atoms with Gasteiger partial charge in [0.15, 0.2) is 5.58 Å². The van der Waals surface area contributed by atoms with Gasteiger partial charge in [0.25, 0.3) is 11.9 Å². The van der Waals surface area contributed by atoms with Gasteiger partial charge in [0, 0.05) is 51.7 Å². The number of oxazole rings is 1. The fraction of sp³-hybridized carbons (Fsp3) is 0.474. The van der Waals surface area contributed by atoms with Gasteiger partial charge in [-0.05, 0) is 12.8 Å². The summed E-state index contributed by atoms with van der Waals surface area (Å²) in [6, 6.07) is 2.19. The number of nitrogens with one attached hydrogen (secondary N) is 3. The molecule has 1 amide bonds. The van der Waals surface area contributed by atoms with Crippen molar-refractivity contribution in [2.45, 2.75) is 12.8 Å². The number of hydrogen-bond donors (Lipinski definition) is 3. The molecule has 2 aromatic heterocycles. The summed E-state index contributed by atoms with van der Waals surface area (Å²) in [5.74, 6) is 0.263. The number of carbonyl (C=O) groups excluding carboxylic acids is 1. The number of morpholine rings is 1. The van der Waals surface area contributed by atoms with E-state index in [4.69, 9.17) is 14.6 Å². The van der Waals surface area contributed by atoms with Crippen molar-refractivity contribution in [2.24, 2.45) is 0 Å². The maximum absolute atomic E-state index is 13.0. The van der Waals surface area contributed by atoms with Gasteiger partial charge in [0.05, 0.1) is 24.5 Å². The highest BCUT2D eigenvalue weighted by atomic mass is 16.5. The summed E-state index contributed by atoms with van der Waals surface area (Å²) in [5, 5.41) is 13.0. The second-order valence-electron chi connectivity index (χ2n) is 6.96. The van der Waals surface area contributed by atoms with Crippen LogP contribution in [0.2, 0.25) is 0 Å². The van der Waals surface area contributed by atoms with Crippen LogP contribution in [-0.4, -0.2) is 68.5 Å². The molecule has 10 heteroatoms. The van der Waals surface area contributed by atoms with E-state index in [0.717, 1.165) is 32.1 Å². The second-order valence-corrected chi connectivity index (χ2v) is 6.96. The predicted octanol–water partition coefficient (Wildman–Crippen LogP) is 1.10. The van der Waals surface area contributed by atoms with Crippen LogP contribution in [0.1, 0.15) is 23.2 Å². The maximum atomic E-state index is 13.0. The molecule has 0 saturated carbocycles. The number of aromatic nitrogens is 2. The monoisotopic (exact) mass is 399 g/mol. The lowest BCUT2D eigenvalue weighted by Crippen LogP contribution is -2.36. The van der Waals surface area contributed by atoms with E-state index < -0.39 is 0 Å². The summed E-state index contributed by atoms with van der Waals surface area (Å²) in [6.07, 6.45) is 4.76. The molecule has 4 heterocycles. The number of allylic oxidation sites excluding steroid dienone is 1. The van der Waals surface area contributed by atoms with Gasteiger partial charge < -0.3 is 35.0 Å². The van der Waals surface area contributed by atoms with Gasteiger partial charge in [-0.3, -0.25) is 4.79 Å². The van der Waals surface area contributed by atoms with Gasteiger partial charge in [-0.15, -0.1) is 0 Å². The van der Waals surface area contributed by atoms with Crippen molar-refractivity contribution in [1.29, 1.82) is 5.41 Å². The van der Waals surface area contributed by atoms with Gasteiger partial charge >= 0.3 is 0 Å². The minimum atomic E-state index is -0.337. The Morgan fingerprint density at radius 2 is 1.93 bits per heavy atom. The van der Waals surface area contributed by atoms with Gasteiger partial charge in [0.2, 0.25) is 5.65 Å². The van der Waals surface area contributed by atoms with E-state index in [2.05, 4.69) is 25.5 Å². The van der Waals surface area contributed by atoms with E-state index in [1.807, 2.05) is 4.90 Å². The van der Waals surface area contributed by atoms with Crippen molar-refractivity contribution < 1.29 is 13.9 Å². The van der Waals surface area contributed by atoms with E-state index in [9.17, 15) is 4.79 Å². The quantitative estimate of drug-likeness (QED) is 0.618. The van der Waals surface area contributed by atoms with E-state index in [1.54, 1.807) is 19.3 Å². The molecule has 0 atom stereocenters. The van der Waals surface area contributed by atoms with Crippen LogP contribution < -0.4 is 20.4 Å². The minimum absolute atomic E-state index is 0.337. The number of pyridine rings is 1. The Hall–Kier alpha value is -3.14. The molecule has 4 rings (SSSR count). The molecule has 154 valence electrons. The molecule has 0 radical (unpaired) electrons. The van der Waals surface area contributed by atoms with Crippen LogP contribution in [0.4, 0.5) is 11.8 Å². The average Bonchev–Trinajstić information content (AvgIpc) is 3.42. The Labute approximate surface area is 168 Å². The van der Waals surface area contributed by atoms with Gasteiger partial charge in [0.1, 0.15) is 5.82 Å². The van der Waals surface area contributed by atoms with Gasteiger partial charge in [-0.25, -0.2) is 4.98 Å². The third-order valence-electron chi connectivity index (χ3n) is 5.00. The first kappa shape index (κ1) is 19.2. The number of ether oxygens (including phenoxy) is 1. The highest BCUT2D eigenvalue weighted by molar-refractivity contribution is 6.04. The van der Waals surface area contributed by atoms with Crippen LogP contribution in [0.3, 0.4) is 0 Å². The van der Waals surface area contributed by atoms with Crippen LogP contribution in [0.15, 0.2) is 22.4 Å². The zero-order valence-corrected chi connectivity index (χ0v) is 16.4. The molecular weight excluding hydrogens is 374 g/mol. The molecule has 0 unspecified atom stereocenters. The molecule has 10 nitrogen and oxygen atoms in total. The summed E-state index contributed by atoms with van der Waals surface area (Å²) in [4.78, 5) is 26.3. The molecule has 2 aliphatic heterocycles. The fourth-order valence-electron chi connectivity index (χ4n) is 3.54. The van der Waals surface area contributed by atoms with Crippen LogP contribution in [-0.2, 0) is 4.74 Å². The predicted molar refractivity (Wildman–Crippen MR) is 110 cm³/mol. The number of hydrogen-bond acceptors (Lipinski definition) is 9. The van der Waals surface area contributed by atoms with Crippen LogP contribution in [0.5, 0.6) is 0 Å². The van der Waals surface area contributed by atoms with E-state index in [1.165, 1.54) is 0 Å². The van der Waals surface area contributed by atoms with Crippen molar-refractivity contribution in [3.05, 3.63) is 23.5 Å². The summed E-state index contributed by atoms with van der Waals surface area (Å²) < 4.78 is 11.3. The maximum Gasteiger partial charge on any atom is 0.300 e. The Morgan fingerprint density at radius 1 is 1.17 bits per heavy atom. The molecule has 0 bridgehead atoms. The number of rotatable bonds is 6. The standard InChI is InChI=1S/C19H25N7O3/c1-21-12-13(11-20)22-18(27)14-10-15-16(23-17(14)25-4-2-3-5-25)24-19(29-15)26-6-8-28-9-7-26/h10-12,20-21H,2-9H2,1H3,(H,22,27)/b13-12+,20-11?. The number of fused-ring (bicyclic) bond motifs is 1. The molecule has 2 fully saturated rings. The molecule has 3 N–H and O–H groups in total. The third-order valence-corrected chi connectivity index (χ3v) is 5.00. The largest absolute Gasteiger partial charge is 0.422 e. The van der Waals surface area contributed by atoms with Crippen molar-refractivity contribution >= 4 is 35.2 Å². The lowest BCUT2D eigenvalue weighted by atomic mass is 10.2. The molecule has 29 heavy (non-hydrogen) atoms. The van der Waals surface area contributed by atoms with Crippen LogP contribution in [0, 0.1) is 5.41 Å². The first-order chi connectivity index (χ1) is 14.2. The Bertz CT molecular complexity index is 927.